The number of hydrogen-bond donors (Lipinski definition) is 0. The molecule has 0 amide bonds. The maximum absolute atomic E-state index is 5.29. The Morgan fingerprint density at radius 2 is 1.71 bits per heavy atom. The second-order valence-electron chi connectivity index (χ2n) is 5.95. The van der Waals surface area contributed by atoms with Gasteiger partial charge in [0.15, 0.2) is 0 Å². The van der Waals surface area contributed by atoms with Crippen molar-refractivity contribution in [1.82, 2.24) is 4.90 Å². The third kappa shape index (κ3) is 6.01. The molecule has 0 aliphatic carbocycles. The predicted molar refractivity (Wildman–Crippen MR) is 76.8 cm³/mol. The molecule has 0 bridgehead atoms. The Labute approximate surface area is 107 Å². The van der Waals surface area contributed by atoms with Gasteiger partial charge in [-0.25, -0.2) is 0 Å². The van der Waals surface area contributed by atoms with Gasteiger partial charge in [0.05, 0.1) is 14.8 Å². The number of ether oxygens (including phenoxy) is 1. The van der Waals surface area contributed by atoms with Crippen molar-refractivity contribution in [1.29, 1.82) is 0 Å². The lowest BCUT2D eigenvalue weighted by Crippen LogP contribution is -2.40. The van der Waals surface area contributed by atoms with Crippen LogP contribution in [0.2, 0.25) is 19.6 Å². The molecule has 0 radical (unpaired) electrons. The number of hydrogen-bond acceptors (Lipinski definition) is 2. The highest BCUT2D eigenvalue weighted by Gasteiger charge is 2.18. The van der Waals surface area contributed by atoms with Gasteiger partial charge in [-0.05, 0) is 18.7 Å². The van der Waals surface area contributed by atoms with Gasteiger partial charge in [0, 0.05) is 13.7 Å². The van der Waals surface area contributed by atoms with E-state index in [0.29, 0.717) is 0 Å². The highest BCUT2D eigenvalue weighted by atomic mass is 28.3. The van der Waals surface area contributed by atoms with E-state index in [0.717, 1.165) is 13.3 Å². The van der Waals surface area contributed by atoms with E-state index in [1.807, 2.05) is 0 Å². The van der Waals surface area contributed by atoms with Crippen molar-refractivity contribution >= 4 is 8.07 Å². The molecule has 0 aliphatic rings. The standard InChI is InChI=1S/C14H25NOSi/c1-13-6-8-14(9-7-13)10-15(11-16-2)12-17(3,4)5/h6-9H,10-12H2,1-5H3. The Morgan fingerprint density at radius 3 is 2.18 bits per heavy atom. The fourth-order valence-electron chi connectivity index (χ4n) is 1.95. The lowest BCUT2D eigenvalue weighted by molar-refractivity contribution is 0.0697. The summed E-state index contributed by atoms with van der Waals surface area (Å²) in [6, 6.07) is 8.77. The molecule has 96 valence electrons. The van der Waals surface area contributed by atoms with Crippen LogP contribution in [-0.4, -0.2) is 33.0 Å². The van der Waals surface area contributed by atoms with Crippen LogP contribution in [0, 0.1) is 6.92 Å². The molecule has 1 aromatic rings. The lowest BCUT2D eigenvalue weighted by Gasteiger charge is -2.28. The molecule has 17 heavy (non-hydrogen) atoms. The maximum Gasteiger partial charge on any atom is 0.0986 e. The number of rotatable bonds is 6. The molecule has 1 aromatic carbocycles. The van der Waals surface area contributed by atoms with Crippen LogP contribution in [-0.2, 0) is 11.3 Å². The zero-order valence-electron chi connectivity index (χ0n) is 11.8. The number of methoxy groups -OCH3 is 1. The third-order valence-corrected chi connectivity index (χ3v) is 3.93. The quantitative estimate of drug-likeness (QED) is 0.568. The van der Waals surface area contributed by atoms with E-state index in [9.17, 15) is 0 Å². The van der Waals surface area contributed by atoms with Gasteiger partial charge in [-0.3, -0.25) is 4.90 Å². The normalized spacial score (nSPS) is 12.1. The largest absolute Gasteiger partial charge is 0.369 e. The van der Waals surface area contributed by atoms with E-state index in [-0.39, 0.29) is 0 Å². The fraction of sp³-hybridized carbons (Fsp3) is 0.571. The van der Waals surface area contributed by atoms with Crippen LogP contribution < -0.4 is 0 Å². The van der Waals surface area contributed by atoms with Gasteiger partial charge in [-0.1, -0.05) is 49.5 Å². The average molecular weight is 251 g/mol. The van der Waals surface area contributed by atoms with Gasteiger partial charge < -0.3 is 4.74 Å². The fourth-order valence-corrected chi connectivity index (χ4v) is 3.50. The van der Waals surface area contributed by atoms with Crippen molar-refractivity contribution in [2.24, 2.45) is 0 Å². The maximum atomic E-state index is 5.29. The molecule has 2 nitrogen and oxygen atoms in total. The Bertz CT molecular complexity index is 329. The summed E-state index contributed by atoms with van der Waals surface area (Å²) in [5, 5.41) is 0. The van der Waals surface area contributed by atoms with Crippen LogP contribution in [0.25, 0.3) is 0 Å². The summed E-state index contributed by atoms with van der Waals surface area (Å²) in [6.45, 7) is 11.0. The summed E-state index contributed by atoms with van der Waals surface area (Å²) in [4.78, 5) is 2.40. The topological polar surface area (TPSA) is 12.5 Å². The van der Waals surface area contributed by atoms with Crippen molar-refractivity contribution < 1.29 is 4.74 Å². The van der Waals surface area contributed by atoms with Crippen LogP contribution in [0.1, 0.15) is 11.1 Å². The first-order valence-electron chi connectivity index (χ1n) is 6.17. The molecule has 1 rings (SSSR count). The molecular formula is C14H25NOSi. The van der Waals surface area contributed by atoms with Gasteiger partial charge in [-0.2, -0.15) is 0 Å². The first-order valence-corrected chi connectivity index (χ1v) is 9.88. The molecule has 0 atom stereocenters. The molecule has 0 N–H and O–H groups in total. The second-order valence-corrected chi connectivity index (χ2v) is 11.4. The third-order valence-electron chi connectivity index (χ3n) is 2.54. The minimum atomic E-state index is -1.08. The monoisotopic (exact) mass is 251 g/mol. The Morgan fingerprint density at radius 1 is 1.12 bits per heavy atom. The minimum absolute atomic E-state index is 0.720. The molecule has 0 spiro atoms. The van der Waals surface area contributed by atoms with Crippen molar-refractivity contribution in [2.75, 3.05) is 20.0 Å². The van der Waals surface area contributed by atoms with Crippen molar-refractivity contribution in [3.63, 3.8) is 0 Å². The van der Waals surface area contributed by atoms with Crippen molar-refractivity contribution in [2.45, 2.75) is 33.1 Å². The number of nitrogens with zero attached hydrogens (tertiary/aromatic N) is 1. The Kier molecular flexibility index (Phi) is 5.37. The highest BCUT2D eigenvalue weighted by Crippen LogP contribution is 2.10. The molecule has 0 aromatic heterocycles. The first-order chi connectivity index (χ1) is 7.90. The van der Waals surface area contributed by atoms with E-state index in [4.69, 9.17) is 4.74 Å². The summed E-state index contributed by atoms with van der Waals surface area (Å²) in [5.41, 5.74) is 2.68. The first kappa shape index (κ1) is 14.4. The summed E-state index contributed by atoms with van der Waals surface area (Å²) < 4.78 is 5.29. The number of benzene rings is 1. The second kappa shape index (κ2) is 6.33. The molecule has 0 heterocycles. The van der Waals surface area contributed by atoms with Crippen LogP contribution in [0.15, 0.2) is 24.3 Å². The van der Waals surface area contributed by atoms with Gasteiger partial charge in [0.25, 0.3) is 0 Å². The highest BCUT2D eigenvalue weighted by molar-refractivity contribution is 6.76. The Balaban J connectivity index is 2.63. The van der Waals surface area contributed by atoms with Crippen LogP contribution in [0.4, 0.5) is 0 Å². The van der Waals surface area contributed by atoms with E-state index in [2.05, 4.69) is 55.7 Å². The minimum Gasteiger partial charge on any atom is -0.369 e. The summed E-state index contributed by atoms with van der Waals surface area (Å²) in [7, 11) is 0.694. The smallest absolute Gasteiger partial charge is 0.0986 e. The van der Waals surface area contributed by atoms with E-state index in [1.165, 1.54) is 17.3 Å². The Hall–Kier alpha value is -0.643. The zero-order chi connectivity index (χ0) is 12.9. The van der Waals surface area contributed by atoms with Gasteiger partial charge in [0.1, 0.15) is 0 Å². The summed E-state index contributed by atoms with van der Waals surface area (Å²) >= 11 is 0. The molecular weight excluding hydrogens is 226 g/mol. The van der Waals surface area contributed by atoms with Crippen LogP contribution in [0.3, 0.4) is 0 Å². The molecule has 0 saturated carbocycles. The zero-order valence-corrected chi connectivity index (χ0v) is 12.8. The molecule has 0 saturated heterocycles. The number of aryl methyl sites for hydroxylation is 1. The molecule has 0 aliphatic heterocycles. The lowest BCUT2D eigenvalue weighted by atomic mass is 10.1. The van der Waals surface area contributed by atoms with Gasteiger partial charge >= 0.3 is 0 Å². The van der Waals surface area contributed by atoms with Crippen molar-refractivity contribution in [3.8, 4) is 0 Å². The average Bonchev–Trinajstić information content (AvgIpc) is 2.19. The van der Waals surface area contributed by atoms with E-state index < -0.39 is 8.07 Å². The summed E-state index contributed by atoms with van der Waals surface area (Å²) in [5.74, 6) is 0. The predicted octanol–water partition coefficient (Wildman–Crippen LogP) is 3.28. The van der Waals surface area contributed by atoms with E-state index >= 15 is 0 Å². The molecule has 0 unspecified atom stereocenters. The van der Waals surface area contributed by atoms with Crippen LogP contribution in [0.5, 0.6) is 0 Å². The molecule has 0 fully saturated rings. The van der Waals surface area contributed by atoms with Crippen LogP contribution >= 0.6 is 0 Å². The van der Waals surface area contributed by atoms with Crippen molar-refractivity contribution in [3.05, 3.63) is 35.4 Å². The van der Waals surface area contributed by atoms with Gasteiger partial charge in [-0.15, -0.1) is 0 Å². The SMILES string of the molecule is COCN(Cc1ccc(C)cc1)C[Si](C)(C)C. The van der Waals surface area contributed by atoms with E-state index in [1.54, 1.807) is 7.11 Å². The molecule has 3 heteroatoms. The summed E-state index contributed by atoms with van der Waals surface area (Å²) in [6.07, 6.45) is 1.18. The van der Waals surface area contributed by atoms with Gasteiger partial charge in [0.2, 0.25) is 0 Å².